The first-order chi connectivity index (χ1) is 9.86. The van der Waals surface area contributed by atoms with Gasteiger partial charge in [-0.15, -0.1) is 11.3 Å². The molecule has 0 aliphatic carbocycles. The first kappa shape index (κ1) is 17.2. The van der Waals surface area contributed by atoms with Crippen molar-refractivity contribution in [3.63, 3.8) is 0 Å². The van der Waals surface area contributed by atoms with E-state index in [2.05, 4.69) is 10.1 Å². The van der Waals surface area contributed by atoms with Crippen molar-refractivity contribution >= 4 is 29.1 Å². The largest absolute Gasteiger partial charge is 0.468 e. The standard InChI is InChI=1S/C14H20N2O4S/c1-9(2)16(8-12(17)20-4)14(19)10(3)15-13(18)11-6-5-7-21-11/h5-7,9-10H,8H2,1-4H3,(H,15,18). The van der Waals surface area contributed by atoms with Crippen molar-refractivity contribution in [3.8, 4) is 0 Å². The van der Waals surface area contributed by atoms with E-state index >= 15 is 0 Å². The smallest absolute Gasteiger partial charge is 0.325 e. The van der Waals surface area contributed by atoms with Gasteiger partial charge in [-0.3, -0.25) is 14.4 Å². The number of nitrogens with one attached hydrogen (secondary N) is 1. The molecule has 0 aliphatic rings. The second-order valence-corrected chi connectivity index (χ2v) is 5.76. The zero-order valence-electron chi connectivity index (χ0n) is 12.6. The quantitative estimate of drug-likeness (QED) is 0.803. The number of carbonyl (C=O) groups is 3. The summed E-state index contributed by atoms with van der Waals surface area (Å²) in [4.78, 5) is 37.6. The molecule has 0 bridgehead atoms. The number of carbonyl (C=O) groups excluding carboxylic acids is 3. The van der Waals surface area contributed by atoms with Gasteiger partial charge in [0.05, 0.1) is 12.0 Å². The third-order valence-corrected chi connectivity index (χ3v) is 3.77. The van der Waals surface area contributed by atoms with Crippen molar-refractivity contribution in [2.45, 2.75) is 32.9 Å². The average molecular weight is 312 g/mol. The van der Waals surface area contributed by atoms with Crippen LogP contribution in [0.1, 0.15) is 30.4 Å². The van der Waals surface area contributed by atoms with Crippen molar-refractivity contribution in [2.75, 3.05) is 13.7 Å². The van der Waals surface area contributed by atoms with Crippen molar-refractivity contribution in [2.24, 2.45) is 0 Å². The minimum absolute atomic E-state index is 0.133. The maximum Gasteiger partial charge on any atom is 0.325 e. The number of nitrogens with zero attached hydrogens (tertiary/aromatic N) is 1. The summed E-state index contributed by atoms with van der Waals surface area (Å²) in [6.07, 6.45) is 0. The van der Waals surface area contributed by atoms with Gasteiger partial charge < -0.3 is 15.0 Å². The van der Waals surface area contributed by atoms with E-state index in [1.165, 1.54) is 23.3 Å². The van der Waals surface area contributed by atoms with E-state index in [1.54, 1.807) is 38.3 Å². The van der Waals surface area contributed by atoms with Gasteiger partial charge in [0.25, 0.3) is 5.91 Å². The minimum atomic E-state index is -0.716. The number of ether oxygens (including phenoxy) is 1. The highest BCUT2D eigenvalue weighted by atomic mass is 32.1. The Balaban J connectivity index is 2.69. The second-order valence-electron chi connectivity index (χ2n) is 4.81. The lowest BCUT2D eigenvalue weighted by Crippen LogP contribution is -2.50. The van der Waals surface area contributed by atoms with Gasteiger partial charge in [-0.05, 0) is 32.2 Å². The molecular weight excluding hydrogens is 292 g/mol. The fourth-order valence-electron chi connectivity index (χ4n) is 1.70. The van der Waals surface area contributed by atoms with Crippen LogP contribution in [0.2, 0.25) is 0 Å². The zero-order valence-corrected chi connectivity index (χ0v) is 13.4. The van der Waals surface area contributed by atoms with Crippen molar-refractivity contribution < 1.29 is 19.1 Å². The Morgan fingerprint density at radius 1 is 1.33 bits per heavy atom. The first-order valence-corrected chi connectivity index (χ1v) is 7.46. The van der Waals surface area contributed by atoms with E-state index in [-0.39, 0.29) is 24.4 Å². The Morgan fingerprint density at radius 3 is 2.48 bits per heavy atom. The number of esters is 1. The topological polar surface area (TPSA) is 75.7 Å². The summed E-state index contributed by atoms with van der Waals surface area (Å²) in [6.45, 7) is 5.07. The van der Waals surface area contributed by atoms with Crippen LogP contribution < -0.4 is 5.32 Å². The van der Waals surface area contributed by atoms with Crippen LogP contribution in [0.5, 0.6) is 0 Å². The molecule has 6 nitrogen and oxygen atoms in total. The molecule has 0 radical (unpaired) electrons. The predicted molar refractivity (Wildman–Crippen MR) is 80.1 cm³/mol. The van der Waals surface area contributed by atoms with Crippen LogP contribution in [0.4, 0.5) is 0 Å². The highest BCUT2D eigenvalue weighted by Gasteiger charge is 2.26. The molecule has 0 aromatic carbocycles. The molecule has 116 valence electrons. The third-order valence-electron chi connectivity index (χ3n) is 2.90. The lowest BCUT2D eigenvalue weighted by molar-refractivity contribution is -0.148. The lowest BCUT2D eigenvalue weighted by atomic mass is 10.2. The molecule has 0 saturated carbocycles. The fraction of sp³-hybridized carbons (Fsp3) is 0.500. The van der Waals surface area contributed by atoms with Crippen LogP contribution in [-0.2, 0) is 14.3 Å². The van der Waals surface area contributed by atoms with E-state index < -0.39 is 12.0 Å². The van der Waals surface area contributed by atoms with Gasteiger partial charge in [0, 0.05) is 6.04 Å². The number of amides is 2. The summed E-state index contributed by atoms with van der Waals surface area (Å²) in [6, 6.07) is 2.57. The lowest BCUT2D eigenvalue weighted by Gasteiger charge is -2.28. The molecule has 0 aliphatic heterocycles. The SMILES string of the molecule is COC(=O)CN(C(=O)C(C)NC(=O)c1cccs1)C(C)C. The molecule has 0 saturated heterocycles. The first-order valence-electron chi connectivity index (χ1n) is 6.58. The average Bonchev–Trinajstić information content (AvgIpc) is 2.97. The van der Waals surface area contributed by atoms with E-state index in [9.17, 15) is 14.4 Å². The van der Waals surface area contributed by atoms with Gasteiger partial charge in [-0.2, -0.15) is 0 Å². The maximum absolute atomic E-state index is 12.3. The van der Waals surface area contributed by atoms with Gasteiger partial charge in [0.1, 0.15) is 12.6 Å². The summed E-state index contributed by atoms with van der Waals surface area (Å²) < 4.78 is 4.58. The number of rotatable bonds is 6. The normalized spacial score (nSPS) is 11.9. The van der Waals surface area contributed by atoms with Crippen LogP contribution >= 0.6 is 11.3 Å². The molecule has 7 heteroatoms. The second kappa shape index (κ2) is 7.78. The summed E-state index contributed by atoms with van der Waals surface area (Å²) in [5.41, 5.74) is 0. The summed E-state index contributed by atoms with van der Waals surface area (Å²) in [5, 5.41) is 4.43. The number of hydrogen-bond acceptors (Lipinski definition) is 5. The summed E-state index contributed by atoms with van der Waals surface area (Å²) >= 11 is 1.30. The molecule has 1 unspecified atom stereocenters. The molecule has 2 amide bonds. The van der Waals surface area contributed by atoms with Crippen LogP contribution in [-0.4, -0.2) is 48.4 Å². The van der Waals surface area contributed by atoms with Crippen molar-refractivity contribution in [1.29, 1.82) is 0 Å². The van der Waals surface area contributed by atoms with Crippen molar-refractivity contribution in [3.05, 3.63) is 22.4 Å². The monoisotopic (exact) mass is 312 g/mol. The van der Waals surface area contributed by atoms with Crippen LogP contribution in [0.3, 0.4) is 0 Å². The van der Waals surface area contributed by atoms with Gasteiger partial charge in [-0.1, -0.05) is 6.07 Å². The molecule has 1 rings (SSSR count). The predicted octanol–water partition coefficient (Wildman–Crippen LogP) is 1.28. The highest BCUT2D eigenvalue weighted by Crippen LogP contribution is 2.09. The molecular formula is C14H20N2O4S. The van der Waals surface area contributed by atoms with Gasteiger partial charge >= 0.3 is 5.97 Å². The molecule has 1 heterocycles. The van der Waals surface area contributed by atoms with Crippen LogP contribution in [0.15, 0.2) is 17.5 Å². The van der Waals surface area contributed by atoms with Gasteiger partial charge in [0.2, 0.25) is 5.91 Å². The molecule has 1 atom stereocenters. The molecule has 1 aromatic rings. The summed E-state index contributed by atoms with van der Waals surface area (Å²) in [7, 11) is 1.27. The maximum atomic E-state index is 12.3. The van der Waals surface area contributed by atoms with Crippen molar-refractivity contribution in [1.82, 2.24) is 10.2 Å². The van der Waals surface area contributed by atoms with Crippen LogP contribution in [0, 0.1) is 0 Å². The Morgan fingerprint density at radius 2 is 2.00 bits per heavy atom. The zero-order chi connectivity index (χ0) is 16.0. The Labute approximate surface area is 128 Å². The van der Waals surface area contributed by atoms with E-state index in [0.29, 0.717) is 4.88 Å². The van der Waals surface area contributed by atoms with E-state index in [0.717, 1.165) is 0 Å². The Hall–Kier alpha value is -1.89. The third kappa shape index (κ3) is 4.86. The highest BCUT2D eigenvalue weighted by molar-refractivity contribution is 7.12. The number of thiophene rings is 1. The number of methoxy groups -OCH3 is 1. The molecule has 0 fully saturated rings. The fourth-order valence-corrected chi connectivity index (χ4v) is 2.33. The van der Waals surface area contributed by atoms with E-state index in [1.807, 2.05) is 0 Å². The Bertz CT molecular complexity index is 499. The molecule has 1 N–H and O–H groups in total. The minimum Gasteiger partial charge on any atom is -0.468 e. The van der Waals surface area contributed by atoms with E-state index in [4.69, 9.17) is 0 Å². The molecule has 0 spiro atoms. The van der Waals surface area contributed by atoms with Gasteiger partial charge in [0.15, 0.2) is 0 Å². The summed E-state index contributed by atoms with van der Waals surface area (Å²) in [5.74, 6) is -1.11. The van der Waals surface area contributed by atoms with Gasteiger partial charge in [-0.25, -0.2) is 0 Å². The van der Waals surface area contributed by atoms with Crippen LogP contribution in [0.25, 0.3) is 0 Å². The molecule has 1 aromatic heterocycles. The molecule has 21 heavy (non-hydrogen) atoms. The number of hydrogen-bond donors (Lipinski definition) is 1. The Kier molecular flexibility index (Phi) is 6.36.